The van der Waals surface area contributed by atoms with Crippen molar-refractivity contribution in [2.45, 2.75) is 57.6 Å². The number of carbonyl (C=O) groups is 1. The zero-order chi connectivity index (χ0) is 12.2. The SMILES string of the molecule is CC(N)CC(=O)NCC1(O)CCCC(C)C1. The molecule has 0 bridgehead atoms. The highest BCUT2D eigenvalue weighted by Crippen LogP contribution is 2.31. The summed E-state index contributed by atoms with van der Waals surface area (Å²) in [6, 6.07) is -0.125. The summed E-state index contributed by atoms with van der Waals surface area (Å²) in [6.45, 7) is 4.31. The highest BCUT2D eigenvalue weighted by atomic mass is 16.3. The predicted octanol–water partition coefficient (Wildman–Crippen LogP) is 0.781. The molecule has 3 atom stereocenters. The molecule has 0 radical (unpaired) electrons. The predicted molar refractivity (Wildman–Crippen MR) is 63.9 cm³/mol. The molecule has 16 heavy (non-hydrogen) atoms. The van der Waals surface area contributed by atoms with Crippen LogP contribution in [0.25, 0.3) is 0 Å². The summed E-state index contributed by atoms with van der Waals surface area (Å²) in [5, 5.41) is 13.1. The van der Waals surface area contributed by atoms with E-state index in [9.17, 15) is 9.90 Å². The normalized spacial score (nSPS) is 32.1. The van der Waals surface area contributed by atoms with Crippen LogP contribution >= 0.6 is 0 Å². The molecule has 4 heteroatoms. The molecule has 1 rings (SSSR count). The van der Waals surface area contributed by atoms with Gasteiger partial charge in [-0.3, -0.25) is 4.79 Å². The van der Waals surface area contributed by atoms with Gasteiger partial charge in [-0.15, -0.1) is 0 Å². The lowest BCUT2D eigenvalue weighted by Crippen LogP contribution is -2.46. The molecule has 0 aromatic rings. The van der Waals surface area contributed by atoms with Gasteiger partial charge < -0.3 is 16.2 Å². The Morgan fingerprint density at radius 2 is 2.38 bits per heavy atom. The Labute approximate surface area is 97.6 Å². The van der Waals surface area contributed by atoms with Gasteiger partial charge in [0, 0.05) is 19.0 Å². The smallest absolute Gasteiger partial charge is 0.221 e. The average Bonchev–Trinajstić information content (AvgIpc) is 2.13. The van der Waals surface area contributed by atoms with Crippen molar-refractivity contribution >= 4 is 5.91 Å². The molecule has 3 unspecified atom stereocenters. The maximum absolute atomic E-state index is 11.4. The fraction of sp³-hybridized carbons (Fsp3) is 0.917. The lowest BCUT2D eigenvalue weighted by molar-refractivity contribution is -0.123. The summed E-state index contributed by atoms with van der Waals surface area (Å²) in [4.78, 5) is 11.4. The Morgan fingerprint density at radius 1 is 1.69 bits per heavy atom. The van der Waals surface area contributed by atoms with Gasteiger partial charge in [0.1, 0.15) is 0 Å². The van der Waals surface area contributed by atoms with E-state index in [1.807, 2.05) is 0 Å². The largest absolute Gasteiger partial charge is 0.388 e. The molecule has 0 aliphatic heterocycles. The quantitative estimate of drug-likeness (QED) is 0.665. The van der Waals surface area contributed by atoms with Crippen molar-refractivity contribution in [1.82, 2.24) is 5.32 Å². The molecule has 0 spiro atoms. The van der Waals surface area contributed by atoms with Crippen LogP contribution in [0.5, 0.6) is 0 Å². The van der Waals surface area contributed by atoms with Crippen LogP contribution < -0.4 is 11.1 Å². The third-order valence-corrected chi connectivity index (χ3v) is 3.19. The van der Waals surface area contributed by atoms with E-state index in [0.717, 1.165) is 19.3 Å². The first kappa shape index (κ1) is 13.5. The highest BCUT2D eigenvalue weighted by molar-refractivity contribution is 5.76. The summed E-state index contributed by atoms with van der Waals surface area (Å²) in [6.07, 6.45) is 4.11. The summed E-state index contributed by atoms with van der Waals surface area (Å²) >= 11 is 0. The Kier molecular flexibility index (Phi) is 4.74. The molecule has 0 saturated heterocycles. The lowest BCUT2D eigenvalue weighted by Gasteiger charge is -2.35. The molecule has 4 nitrogen and oxygen atoms in total. The molecule has 0 heterocycles. The minimum Gasteiger partial charge on any atom is -0.388 e. The van der Waals surface area contributed by atoms with Gasteiger partial charge in [-0.05, 0) is 25.7 Å². The van der Waals surface area contributed by atoms with Gasteiger partial charge in [0.25, 0.3) is 0 Å². The number of hydrogen-bond acceptors (Lipinski definition) is 3. The fourth-order valence-electron chi connectivity index (χ4n) is 2.42. The lowest BCUT2D eigenvalue weighted by atomic mass is 9.79. The van der Waals surface area contributed by atoms with Crippen LogP contribution in [-0.4, -0.2) is 29.2 Å². The third kappa shape index (κ3) is 4.49. The van der Waals surface area contributed by atoms with E-state index in [2.05, 4.69) is 12.2 Å². The number of nitrogens with two attached hydrogens (primary N) is 1. The first-order valence-corrected chi connectivity index (χ1v) is 6.16. The summed E-state index contributed by atoms with van der Waals surface area (Å²) < 4.78 is 0. The Balaban J connectivity index is 2.32. The van der Waals surface area contributed by atoms with Crippen molar-refractivity contribution < 1.29 is 9.90 Å². The molecule has 0 aromatic heterocycles. The number of hydrogen-bond donors (Lipinski definition) is 3. The van der Waals surface area contributed by atoms with Crippen molar-refractivity contribution in [2.75, 3.05) is 6.54 Å². The maximum Gasteiger partial charge on any atom is 0.221 e. The van der Waals surface area contributed by atoms with Gasteiger partial charge >= 0.3 is 0 Å². The number of rotatable bonds is 4. The van der Waals surface area contributed by atoms with Crippen molar-refractivity contribution in [3.05, 3.63) is 0 Å². The van der Waals surface area contributed by atoms with Crippen LogP contribution in [0.1, 0.15) is 46.0 Å². The maximum atomic E-state index is 11.4. The van der Waals surface area contributed by atoms with E-state index in [1.165, 1.54) is 6.42 Å². The fourth-order valence-corrected chi connectivity index (χ4v) is 2.42. The average molecular weight is 228 g/mol. The molecule has 1 aliphatic carbocycles. The van der Waals surface area contributed by atoms with Crippen molar-refractivity contribution in [2.24, 2.45) is 11.7 Å². The van der Waals surface area contributed by atoms with Crippen LogP contribution in [0.4, 0.5) is 0 Å². The van der Waals surface area contributed by atoms with Gasteiger partial charge in [0.2, 0.25) is 5.91 Å². The van der Waals surface area contributed by atoms with Gasteiger partial charge in [-0.1, -0.05) is 19.8 Å². The summed E-state index contributed by atoms with van der Waals surface area (Å²) in [7, 11) is 0. The number of amides is 1. The zero-order valence-electron chi connectivity index (χ0n) is 10.3. The topological polar surface area (TPSA) is 75.4 Å². The summed E-state index contributed by atoms with van der Waals surface area (Å²) in [5.74, 6) is 0.478. The molecular weight excluding hydrogens is 204 g/mol. The van der Waals surface area contributed by atoms with Gasteiger partial charge in [-0.2, -0.15) is 0 Å². The van der Waals surface area contributed by atoms with Crippen LogP contribution in [0.15, 0.2) is 0 Å². The standard InChI is InChI=1S/C12H24N2O2/c1-9-4-3-5-12(16,7-9)8-14-11(15)6-10(2)13/h9-10,16H,3-8,13H2,1-2H3,(H,14,15). The van der Waals surface area contributed by atoms with Gasteiger partial charge in [-0.25, -0.2) is 0 Å². The Hall–Kier alpha value is -0.610. The number of aliphatic hydroxyl groups is 1. The first-order chi connectivity index (χ1) is 7.41. The van der Waals surface area contributed by atoms with Crippen LogP contribution in [0.3, 0.4) is 0 Å². The van der Waals surface area contributed by atoms with Crippen molar-refractivity contribution in [3.8, 4) is 0 Å². The zero-order valence-corrected chi connectivity index (χ0v) is 10.3. The molecule has 1 amide bonds. The molecule has 94 valence electrons. The molecule has 1 saturated carbocycles. The van der Waals surface area contributed by atoms with E-state index in [1.54, 1.807) is 6.92 Å². The second kappa shape index (κ2) is 5.64. The second-order valence-corrected chi connectivity index (χ2v) is 5.38. The molecular formula is C12H24N2O2. The molecule has 0 aromatic carbocycles. The highest BCUT2D eigenvalue weighted by Gasteiger charge is 2.32. The van der Waals surface area contributed by atoms with Crippen LogP contribution in [0.2, 0.25) is 0 Å². The van der Waals surface area contributed by atoms with E-state index >= 15 is 0 Å². The minimum atomic E-state index is -0.703. The summed E-state index contributed by atoms with van der Waals surface area (Å²) in [5.41, 5.74) is 4.83. The van der Waals surface area contributed by atoms with Crippen LogP contribution in [0, 0.1) is 5.92 Å². The van der Waals surface area contributed by atoms with E-state index in [-0.39, 0.29) is 11.9 Å². The van der Waals surface area contributed by atoms with Crippen molar-refractivity contribution in [3.63, 3.8) is 0 Å². The Bertz CT molecular complexity index is 243. The Morgan fingerprint density at radius 3 is 2.94 bits per heavy atom. The monoisotopic (exact) mass is 228 g/mol. The van der Waals surface area contributed by atoms with Crippen molar-refractivity contribution in [1.29, 1.82) is 0 Å². The van der Waals surface area contributed by atoms with Gasteiger partial charge in [0.05, 0.1) is 5.60 Å². The molecule has 1 aliphatic rings. The molecule has 1 fully saturated rings. The van der Waals surface area contributed by atoms with E-state index < -0.39 is 5.60 Å². The second-order valence-electron chi connectivity index (χ2n) is 5.38. The molecule has 4 N–H and O–H groups in total. The number of carbonyl (C=O) groups excluding carboxylic acids is 1. The first-order valence-electron chi connectivity index (χ1n) is 6.16. The number of nitrogens with one attached hydrogen (secondary N) is 1. The van der Waals surface area contributed by atoms with E-state index in [4.69, 9.17) is 5.73 Å². The minimum absolute atomic E-state index is 0.0679. The van der Waals surface area contributed by atoms with Gasteiger partial charge in [0.15, 0.2) is 0 Å². The van der Waals surface area contributed by atoms with E-state index in [0.29, 0.717) is 18.9 Å². The van der Waals surface area contributed by atoms with Crippen LogP contribution in [-0.2, 0) is 4.79 Å². The third-order valence-electron chi connectivity index (χ3n) is 3.19.